The van der Waals surface area contributed by atoms with Gasteiger partial charge >= 0.3 is 23.9 Å². The molecule has 0 saturated carbocycles. The van der Waals surface area contributed by atoms with Crippen LogP contribution in [0.3, 0.4) is 0 Å². The van der Waals surface area contributed by atoms with Crippen LogP contribution >= 0.6 is 0 Å². The van der Waals surface area contributed by atoms with Gasteiger partial charge in [-0.2, -0.15) is 0 Å². The number of cyclic esters (lactones) is 2. The van der Waals surface area contributed by atoms with E-state index >= 15 is 0 Å². The van der Waals surface area contributed by atoms with Gasteiger partial charge in [-0.15, -0.1) is 0 Å². The summed E-state index contributed by atoms with van der Waals surface area (Å²) in [6, 6.07) is 0. The molecule has 1 fully saturated rings. The number of carboxylic acids is 2. The van der Waals surface area contributed by atoms with Gasteiger partial charge in [0.05, 0.1) is 26.1 Å². The predicted octanol–water partition coefficient (Wildman–Crippen LogP) is 1.46. The zero-order chi connectivity index (χ0) is 22.3. The number of aliphatic carboxylic acids is 2. The molecule has 0 amide bonds. The van der Waals surface area contributed by atoms with Gasteiger partial charge in [-0.1, -0.05) is 12.8 Å². The monoisotopic (exact) mass is 420 g/mol. The average Bonchev–Trinajstić information content (AvgIpc) is 3.04. The Kier molecular flexibility index (Phi) is 20.8. The lowest BCUT2D eigenvalue weighted by Crippen LogP contribution is -1.96. The first-order chi connectivity index (χ1) is 13.8. The van der Waals surface area contributed by atoms with E-state index in [0.29, 0.717) is 45.4 Å². The fraction of sp³-hybridized carbons (Fsp3) is 0.667. The van der Waals surface area contributed by atoms with E-state index in [2.05, 4.69) is 14.2 Å². The zero-order valence-electron chi connectivity index (χ0n) is 16.2. The molecule has 1 heterocycles. The van der Waals surface area contributed by atoms with Crippen LogP contribution in [-0.2, 0) is 43.0 Å². The van der Waals surface area contributed by atoms with Crippen molar-refractivity contribution < 1.29 is 53.2 Å². The Balaban J connectivity index is 0. The Morgan fingerprint density at radius 3 is 1.48 bits per heavy atom. The SMILES string of the molecule is O=C1CCC(=O)O1.O=COCCCCC(=O)O.O=COCCCCCCC(=O)O. The van der Waals surface area contributed by atoms with Crippen LogP contribution in [0.5, 0.6) is 0 Å². The summed E-state index contributed by atoms with van der Waals surface area (Å²) < 4.78 is 12.9. The van der Waals surface area contributed by atoms with E-state index in [1.165, 1.54) is 0 Å². The topological polar surface area (TPSA) is 171 Å². The summed E-state index contributed by atoms with van der Waals surface area (Å²) >= 11 is 0. The van der Waals surface area contributed by atoms with Crippen LogP contribution in [0.15, 0.2) is 0 Å². The number of esters is 2. The molecular weight excluding hydrogens is 392 g/mol. The summed E-state index contributed by atoms with van der Waals surface area (Å²) in [6.07, 6.45) is 5.40. The summed E-state index contributed by atoms with van der Waals surface area (Å²) in [5.74, 6) is -2.36. The van der Waals surface area contributed by atoms with Crippen LogP contribution in [0.2, 0.25) is 0 Å². The lowest BCUT2D eigenvalue weighted by molar-refractivity contribution is -0.152. The van der Waals surface area contributed by atoms with E-state index in [-0.39, 0.29) is 25.7 Å². The van der Waals surface area contributed by atoms with Gasteiger partial charge in [0.15, 0.2) is 0 Å². The van der Waals surface area contributed by atoms with Crippen molar-refractivity contribution in [2.45, 2.75) is 64.2 Å². The molecule has 1 aliphatic rings. The van der Waals surface area contributed by atoms with Crippen molar-refractivity contribution in [3.63, 3.8) is 0 Å². The number of unbranched alkanes of at least 4 members (excludes halogenated alkanes) is 4. The van der Waals surface area contributed by atoms with Crippen LogP contribution in [-0.4, -0.2) is 60.2 Å². The van der Waals surface area contributed by atoms with Crippen molar-refractivity contribution in [3.8, 4) is 0 Å². The lowest BCUT2D eigenvalue weighted by Gasteiger charge is -1.98. The highest BCUT2D eigenvalue weighted by atomic mass is 16.6. The largest absolute Gasteiger partial charge is 0.481 e. The summed E-state index contributed by atoms with van der Waals surface area (Å²) in [5.41, 5.74) is 0. The van der Waals surface area contributed by atoms with Crippen molar-refractivity contribution in [3.05, 3.63) is 0 Å². The van der Waals surface area contributed by atoms with E-state index in [0.717, 1.165) is 19.3 Å². The molecule has 29 heavy (non-hydrogen) atoms. The molecule has 0 aromatic rings. The van der Waals surface area contributed by atoms with Crippen LogP contribution in [0.4, 0.5) is 0 Å². The summed E-state index contributed by atoms with van der Waals surface area (Å²) in [6.45, 7) is 1.55. The number of carboxylic acid groups (broad SMARTS) is 2. The number of rotatable bonds is 14. The smallest absolute Gasteiger partial charge is 0.314 e. The molecule has 166 valence electrons. The number of ether oxygens (including phenoxy) is 3. The molecule has 0 radical (unpaired) electrons. The van der Waals surface area contributed by atoms with Gasteiger partial charge in [-0.25, -0.2) is 0 Å². The quantitative estimate of drug-likeness (QED) is 0.137. The summed E-state index contributed by atoms with van der Waals surface area (Å²) in [7, 11) is 0. The van der Waals surface area contributed by atoms with Gasteiger partial charge in [-0.05, 0) is 25.7 Å². The normalized spacial score (nSPS) is 11.7. The molecule has 2 N–H and O–H groups in total. The first kappa shape index (κ1) is 28.2. The highest BCUT2D eigenvalue weighted by molar-refractivity contribution is 5.92. The van der Waals surface area contributed by atoms with Gasteiger partial charge in [0.1, 0.15) is 0 Å². The second-order valence-corrected chi connectivity index (χ2v) is 5.69. The molecule has 0 spiro atoms. The Labute approximate surface area is 168 Å². The highest BCUT2D eigenvalue weighted by Gasteiger charge is 2.19. The van der Waals surface area contributed by atoms with E-state index in [1.807, 2.05) is 0 Å². The maximum absolute atomic E-state index is 10.1. The van der Waals surface area contributed by atoms with E-state index in [1.54, 1.807) is 0 Å². The first-order valence-electron chi connectivity index (χ1n) is 9.11. The maximum atomic E-state index is 10.1. The fourth-order valence-corrected chi connectivity index (χ4v) is 1.81. The summed E-state index contributed by atoms with van der Waals surface area (Å²) in [4.78, 5) is 59.3. The molecule has 1 saturated heterocycles. The molecule has 0 bridgehead atoms. The Morgan fingerprint density at radius 1 is 0.759 bits per heavy atom. The highest BCUT2D eigenvalue weighted by Crippen LogP contribution is 2.04. The molecule has 0 aliphatic carbocycles. The molecule has 11 heteroatoms. The lowest BCUT2D eigenvalue weighted by atomic mass is 10.1. The second-order valence-electron chi connectivity index (χ2n) is 5.69. The van der Waals surface area contributed by atoms with E-state index in [9.17, 15) is 28.8 Å². The minimum atomic E-state index is -0.814. The van der Waals surface area contributed by atoms with E-state index in [4.69, 9.17) is 10.2 Å². The minimum absolute atomic E-state index is 0.141. The van der Waals surface area contributed by atoms with Gasteiger partial charge in [0, 0.05) is 12.8 Å². The average molecular weight is 420 g/mol. The van der Waals surface area contributed by atoms with Crippen molar-refractivity contribution >= 4 is 36.8 Å². The third-order valence-electron chi connectivity index (χ3n) is 3.20. The second kappa shape index (κ2) is 21.3. The Morgan fingerprint density at radius 2 is 1.14 bits per heavy atom. The number of carbonyl (C=O) groups is 6. The molecule has 11 nitrogen and oxygen atoms in total. The molecule has 0 aromatic heterocycles. The Hall–Kier alpha value is -2.98. The van der Waals surface area contributed by atoms with Crippen molar-refractivity contribution in [2.24, 2.45) is 0 Å². The van der Waals surface area contributed by atoms with Crippen LogP contribution < -0.4 is 0 Å². The predicted molar refractivity (Wildman–Crippen MR) is 96.6 cm³/mol. The fourth-order valence-electron chi connectivity index (χ4n) is 1.81. The zero-order valence-corrected chi connectivity index (χ0v) is 16.2. The maximum Gasteiger partial charge on any atom is 0.314 e. The van der Waals surface area contributed by atoms with Crippen LogP contribution in [0.25, 0.3) is 0 Å². The Bertz CT molecular complexity index is 488. The van der Waals surface area contributed by atoms with Crippen molar-refractivity contribution in [1.82, 2.24) is 0 Å². The number of hydrogen-bond donors (Lipinski definition) is 2. The van der Waals surface area contributed by atoms with Gasteiger partial charge in [0.2, 0.25) is 0 Å². The van der Waals surface area contributed by atoms with Crippen LogP contribution in [0.1, 0.15) is 64.2 Å². The molecule has 0 atom stereocenters. The third-order valence-corrected chi connectivity index (χ3v) is 3.20. The van der Waals surface area contributed by atoms with E-state index < -0.39 is 23.9 Å². The van der Waals surface area contributed by atoms with Gasteiger partial charge in [-0.3, -0.25) is 28.8 Å². The minimum Gasteiger partial charge on any atom is -0.481 e. The van der Waals surface area contributed by atoms with Crippen molar-refractivity contribution in [2.75, 3.05) is 13.2 Å². The first-order valence-corrected chi connectivity index (χ1v) is 9.11. The molecular formula is C18H28O11. The number of hydrogen-bond acceptors (Lipinski definition) is 9. The molecule has 1 rings (SSSR count). The standard InChI is InChI=1S/C8H14O4.C6H10O4.C4H4O3/c9-7-12-6-4-2-1-3-5-8(10)11;7-5-10-4-2-1-3-6(8)9;5-3-1-2-4(6)7-3/h7H,1-6H2,(H,10,11);5H,1-4H2,(H,8,9);1-2H2. The van der Waals surface area contributed by atoms with Gasteiger partial charge in [0.25, 0.3) is 12.9 Å². The number of carbonyl (C=O) groups excluding carboxylic acids is 4. The third kappa shape index (κ3) is 27.3. The van der Waals surface area contributed by atoms with Crippen molar-refractivity contribution in [1.29, 1.82) is 0 Å². The molecule has 1 aliphatic heterocycles. The molecule has 0 aromatic carbocycles. The van der Waals surface area contributed by atoms with Gasteiger partial charge < -0.3 is 24.4 Å². The van der Waals surface area contributed by atoms with Crippen LogP contribution in [0, 0.1) is 0 Å². The molecule has 0 unspecified atom stereocenters. The summed E-state index contributed by atoms with van der Waals surface area (Å²) in [5, 5.41) is 16.4.